The zero-order chi connectivity index (χ0) is 24.8. The molecule has 0 aliphatic rings. The van der Waals surface area contributed by atoms with Crippen molar-refractivity contribution in [3.05, 3.63) is 52.3 Å². The Labute approximate surface area is 209 Å². The fraction of sp³-hybridized carbons (Fsp3) is 0.375. The first-order valence-corrected chi connectivity index (χ1v) is 12.1. The van der Waals surface area contributed by atoms with Crippen molar-refractivity contribution in [2.24, 2.45) is 0 Å². The fourth-order valence-electron chi connectivity index (χ4n) is 3.54. The fourth-order valence-corrected chi connectivity index (χ4v) is 4.58. The van der Waals surface area contributed by atoms with Crippen LogP contribution in [0.25, 0.3) is 0 Å². The number of aryl methyl sites for hydroxylation is 2. The van der Waals surface area contributed by atoms with Crippen molar-refractivity contribution >= 4 is 35.0 Å². The van der Waals surface area contributed by atoms with Gasteiger partial charge in [-0.25, -0.2) is 0 Å². The van der Waals surface area contributed by atoms with E-state index in [0.29, 0.717) is 39.7 Å². The zero-order valence-corrected chi connectivity index (χ0v) is 21.7. The molecule has 0 saturated carbocycles. The number of nitrogens with one attached hydrogen (secondary N) is 1. The summed E-state index contributed by atoms with van der Waals surface area (Å²) >= 11 is 7.43. The van der Waals surface area contributed by atoms with Crippen LogP contribution in [0.3, 0.4) is 0 Å². The molecule has 34 heavy (non-hydrogen) atoms. The maximum absolute atomic E-state index is 12.6. The Morgan fingerprint density at radius 1 is 1.09 bits per heavy atom. The Hall–Kier alpha value is -2.91. The molecule has 1 atom stereocenters. The molecule has 0 aliphatic heterocycles. The average molecular weight is 505 g/mol. The normalized spacial score (nSPS) is 11.7. The molecule has 0 spiro atoms. The van der Waals surface area contributed by atoms with Crippen LogP contribution in [-0.4, -0.2) is 40.6 Å². The van der Waals surface area contributed by atoms with Crippen LogP contribution in [0.2, 0.25) is 5.02 Å². The van der Waals surface area contributed by atoms with Crippen molar-refractivity contribution in [3.63, 3.8) is 0 Å². The molecule has 0 saturated heterocycles. The molecule has 1 N–H and O–H groups in total. The van der Waals surface area contributed by atoms with Gasteiger partial charge in [0.2, 0.25) is 5.91 Å². The molecule has 0 aliphatic carbocycles. The molecule has 1 aromatic heterocycles. The van der Waals surface area contributed by atoms with E-state index in [1.807, 2.05) is 44.4 Å². The third-order valence-electron chi connectivity index (χ3n) is 5.01. The van der Waals surface area contributed by atoms with E-state index in [-0.39, 0.29) is 17.8 Å². The molecule has 3 aromatic rings. The van der Waals surface area contributed by atoms with E-state index in [1.54, 1.807) is 12.1 Å². The van der Waals surface area contributed by atoms with Crippen LogP contribution in [0.1, 0.15) is 36.9 Å². The van der Waals surface area contributed by atoms with Gasteiger partial charge in [0.15, 0.2) is 17.1 Å². The number of methoxy groups -OCH3 is 2. The zero-order valence-electron chi connectivity index (χ0n) is 20.1. The first-order valence-electron chi connectivity index (χ1n) is 10.8. The molecule has 1 heterocycles. The monoisotopic (exact) mass is 504 g/mol. The minimum absolute atomic E-state index is 0.137. The lowest BCUT2D eigenvalue weighted by Crippen LogP contribution is -2.16. The Morgan fingerprint density at radius 3 is 2.38 bits per heavy atom. The number of halogens is 1. The lowest BCUT2D eigenvalue weighted by molar-refractivity contribution is -0.113. The van der Waals surface area contributed by atoms with Gasteiger partial charge in [0.05, 0.1) is 30.7 Å². The van der Waals surface area contributed by atoms with Gasteiger partial charge >= 0.3 is 0 Å². The van der Waals surface area contributed by atoms with Crippen LogP contribution in [0, 0.1) is 13.8 Å². The predicted molar refractivity (Wildman–Crippen MR) is 135 cm³/mol. The number of carbonyl (C=O) groups excluding carboxylic acids is 1. The number of carbonyl (C=O) groups is 1. The molecular weight excluding hydrogens is 476 g/mol. The molecule has 182 valence electrons. The standard InChI is InChI=1S/C24H29ClN4O4S/c1-7-29-23(16(4)33-17-9-14(2)8-15(3)10-17)27-28-24(29)34-13-22(30)26-19-12-20(31-5)18(25)11-21(19)32-6/h8-12,16H,7,13H2,1-6H3,(H,26,30). The van der Waals surface area contributed by atoms with E-state index >= 15 is 0 Å². The molecule has 10 heteroatoms. The average Bonchev–Trinajstić information content (AvgIpc) is 3.21. The number of hydrogen-bond acceptors (Lipinski definition) is 7. The number of benzene rings is 2. The van der Waals surface area contributed by atoms with Crippen molar-refractivity contribution in [2.75, 3.05) is 25.3 Å². The van der Waals surface area contributed by atoms with E-state index in [2.05, 4.69) is 21.6 Å². The summed E-state index contributed by atoms with van der Waals surface area (Å²) in [5.74, 6) is 2.29. The molecule has 0 fully saturated rings. The first kappa shape index (κ1) is 25.7. The summed E-state index contributed by atoms with van der Waals surface area (Å²) in [4.78, 5) is 12.6. The highest BCUT2D eigenvalue weighted by atomic mass is 35.5. The molecular formula is C24H29ClN4O4S. The van der Waals surface area contributed by atoms with Crippen LogP contribution in [0.5, 0.6) is 17.2 Å². The number of nitrogens with zero attached hydrogens (tertiary/aromatic N) is 3. The highest BCUT2D eigenvalue weighted by molar-refractivity contribution is 7.99. The summed E-state index contributed by atoms with van der Waals surface area (Å²) < 4.78 is 18.6. The van der Waals surface area contributed by atoms with Crippen molar-refractivity contribution in [2.45, 2.75) is 45.5 Å². The van der Waals surface area contributed by atoms with Gasteiger partial charge in [-0.3, -0.25) is 4.79 Å². The van der Waals surface area contributed by atoms with Gasteiger partial charge in [-0.15, -0.1) is 10.2 Å². The minimum atomic E-state index is -0.303. The Morgan fingerprint density at radius 2 is 1.76 bits per heavy atom. The summed E-state index contributed by atoms with van der Waals surface area (Å²) in [5.41, 5.74) is 2.75. The van der Waals surface area contributed by atoms with Crippen LogP contribution in [0.4, 0.5) is 5.69 Å². The second-order valence-corrected chi connectivity index (χ2v) is 9.04. The molecule has 1 unspecified atom stereocenters. The number of aromatic nitrogens is 3. The minimum Gasteiger partial charge on any atom is -0.495 e. The van der Waals surface area contributed by atoms with Gasteiger partial charge in [-0.1, -0.05) is 29.4 Å². The van der Waals surface area contributed by atoms with Crippen LogP contribution >= 0.6 is 23.4 Å². The Bertz CT molecular complexity index is 1150. The van der Waals surface area contributed by atoms with E-state index in [0.717, 1.165) is 16.9 Å². The second kappa shape index (κ2) is 11.5. The lowest BCUT2D eigenvalue weighted by Gasteiger charge is -2.16. The molecule has 3 rings (SSSR count). The molecule has 8 nitrogen and oxygen atoms in total. The van der Waals surface area contributed by atoms with Gasteiger partial charge < -0.3 is 24.1 Å². The summed E-state index contributed by atoms with van der Waals surface area (Å²) in [6, 6.07) is 9.32. The quantitative estimate of drug-likeness (QED) is 0.367. The molecule has 2 aromatic carbocycles. The third kappa shape index (κ3) is 6.15. The molecule has 0 radical (unpaired) electrons. The van der Waals surface area contributed by atoms with Crippen LogP contribution < -0.4 is 19.5 Å². The maximum atomic E-state index is 12.6. The Balaban J connectivity index is 1.68. The first-order chi connectivity index (χ1) is 16.2. The lowest BCUT2D eigenvalue weighted by atomic mass is 10.1. The number of thioether (sulfide) groups is 1. The summed E-state index contributed by atoms with van der Waals surface area (Å²) in [6.45, 7) is 8.67. The van der Waals surface area contributed by atoms with E-state index in [9.17, 15) is 4.79 Å². The number of hydrogen-bond donors (Lipinski definition) is 1. The SMILES string of the molecule is CCn1c(SCC(=O)Nc2cc(OC)c(Cl)cc2OC)nnc1C(C)Oc1cc(C)cc(C)c1. The van der Waals surface area contributed by atoms with E-state index in [1.165, 1.54) is 26.0 Å². The predicted octanol–water partition coefficient (Wildman–Crippen LogP) is 5.46. The number of rotatable bonds is 10. The van der Waals surface area contributed by atoms with Gasteiger partial charge in [-0.05, 0) is 51.0 Å². The van der Waals surface area contributed by atoms with Gasteiger partial charge in [-0.2, -0.15) is 0 Å². The number of amides is 1. The van der Waals surface area contributed by atoms with Crippen LogP contribution in [0.15, 0.2) is 35.5 Å². The van der Waals surface area contributed by atoms with Gasteiger partial charge in [0, 0.05) is 18.7 Å². The Kier molecular flexibility index (Phi) is 8.68. The topological polar surface area (TPSA) is 87.5 Å². The smallest absolute Gasteiger partial charge is 0.234 e. The number of anilines is 1. The van der Waals surface area contributed by atoms with Crippen molar-refractivity contribution < 1.29 is 19.0 Å². The van der Waals surface area contributed by atoms with Crippen molar-refractivity contribution in [3.8, 4) is 17.2 Å². The van der Waals surface area contributed by atoms with Gasteiger partial charge in [0.1, 0.15) is 17.2 Å². The summed E-state index contributed by atoms with van der Waals surface area (Å²) in [7, 11) is 3.02. The van der Waals surface area contributed by atoms with Crippen molar-refractivity contribution in [1.29, 1.82) is 0 Å². The largest absolute Gasteiger partial charge is 0.495 e. The van der Waals surface area contributed by atoms with E-state index < -0.39 is 0 Å². The summed E-state index contributed by atoms with van der Waals surface area (Å²) in [5, 5.41) is 12.5. The highest BCUT2D eigenvalue weighted by Crippen LogP contribution is 2.36. The van der Waals surface area contributed by atoms with E-state index in [4.69, 9.17) is 25.8 Å². The summed E-state index contributed by atoms with van der Waals surface area (Å²) in [6.07, 6.45) is -0.303. The highest BCUT2D eigenvalue weighted by Gasteiger charge is 2.20. The molecule has 1 amide bonds. The second-order valence-electron chi connectivity index (χ2n) is 7.69. The molecule has 0 bridgehead atoms. The van der Waals surface area contributed by atoms with Crippen LogP contribution in [-0.2, 0) is 11.3 Å². The van der Waals surface area contributed by atoms with Crippen molar-refractivity contribution in [1.82, 2.24) is 14.8 Å². The van der Waals surface area contributed by atoms with Gasteiger partial charge in [0.25, 0.3) is 0 Å². The number of ether oxygens (including phenoxy) is 3. The third-order valence-corrected chi connectivity index (χ3v) is 6.28. The maximum Gasteiger partial charge on any atom is 0.234 e.